The molecule has 2 aromatic carbocycles. The molecule has 5 heteroatoms. The Bertz CT molecular complexity index is 1040. The van der Waals surface area contributed by atoms with E-state index in [0.717, 1.165) is 54.4 Å². The second-order valence-electron chi connectivity index (χ2n) is 7.89. The molecule has 3 aromatic rings. The second kappa shape index (κ2) is 6.38. The third kappa shape index (κ3) is 2.61. The molecule has 1 unspecified atom stereocenters. The van der Waals surface area contributed by atoms with Gasteiger partial charge in [-0.15, -0.1) is 0 Å². The SMILES string of the molecule is c1ccc2c(c1)CCC(N1CCc3onc(-c4ccc5c(c4)OCO5)c3C1)C2. The Hall–Kier alpha value is -2.79. The highest BCUT2D eigenvalue weighted by Gasteiger charge is 2.31. The van der Waals surface area contributed by atoms with Gasteiger partial charge in [0, 0.05) is 36.7 Å². The standard InChI is InChI=1S/C23H22N2O3/c1-2-4-16-11-18(7-5-15(16)3-1)25-10-9-20-19(13-25)23(24-28-20)17-6-8-21-22(12-17)27-14-26-21/h1-4,6,8,12,18H,5,7,9-11,13-14H2. The first-order valence-electron chi connectivity index (χ1n) is 10.0. The lowest BCUT2D eigenvalue weighted by molar-refractivity contribution is 0.155. The molecule has 142 valence electrons. The molecule has 2 aliphatic heterocycles. The van der Waals surface area contributed by atoms with Gasteiger partial charge in [-0.3, -0.25) is 4.90 Å². The number of rotatable bonds is 2. The zero-order valence-electron chi connectivity index (χ0n) is 15.7. The lowest BCUT2D eigenvalue weighted by Gasteiger charge is -2.37. The number of aryl methyl sites for hydroxylation is 1. The number of nitrogens with zero attached hydrogens (tertiary/aromatic N) is 2. The molecule has 0 N–H and O–H groups in total. The van der Waals surface area contributed by atoms with E-state index in [9.17, 15) is 0 Å². The largest absolute Gasteiger partial charge is 0.454 e. The van der Waals surface area contributed by atoms with E-state index in [1.807, 2.05) is 18.2 Å². The van der Waals surface area contributed by atoms with Crippen LogP contribution in [-0.4, -0.2) is 29.4 Å². The lowest BCUT2D eigenvalue weighted by atomic mass is 9.86. The van der Waals surface area contributed by atoms with E-state index in [4.69, 9.17) is 14.0 Å². The van der Waals surface area contributed by atoms with Crippen molar-refractivity contribution in [1.82, 2.24) is 10.1 Å². The van der Waals surface area contributed by atoms with Gasteiger partial charge in [-0.05, 0) is 48.6 Å². The Morgan fingerprint density at radius 2 is 1.86 bits per heavy atom. The molecule has 0 bridgehead atoms. The van der Waals surface area contributed by atoms with E-state index in [0.29, 0.717) is 6.04 Å². The number of fused-ring (bicyclic) bond motifs is 3. The maximum absolute atomic E-state index is 5.70. The van der Waals surface area contributed by atoms with Gasteiger partial charge in [0.1, 0.15) is 11.5 Å². The molecule has 0 saturated carbocycles. The molecule has 3 heterocycles. The highest BCUT2D eigenvalue weighted by Crippen LogP contribution is 2.38. The minimum Gasteiger partial charge on any atom is -0.454 e. The van der Waals surface area contributed by atoms with Crippen molar-refractivity contribution >= 4 is 0 Å². The van der Waals surface area contributed by atoms with Gasteiger partial charge in [-0.1, -0.05) is 29.4 Å². The Labute approximate surface area is 163 Å². The van der Waals surface area contributed by atoms with Crippen molar-refractivity contribution in [3.63, 3.8) is 0 Å². The van der Waals surface area contributed by atoms with Gasteiger partial charge in [-0.25, -0.2) is 0 Å². The van der Waals surface area contributed by atoms with Gasteiger partial charge in [0.2, 0.25) is 6.79 Å². The summed E-state index contributed by atoms with van der Waals surface area (Å²) < 4.78 is 16.7. The summed E-state index contributed by atoms with van der Waals surface area (Å²) in [5.74, 6) is 2.61. The Morgan fingerprint density at radius 3 is 2.82 bits per heavy atom. The van der Waals surface area contributed by atoms with Crippen LogP contribution in [0.5, 0.6) is 11.5 Å². The van der Waals surface area contributed by atoms with Gasteiger partial charge in [0.15, 0.2) is 11.5 Å². The lowest BCUT2D eigenvalue weighted by Crippen LogP contribution is -2.42. The molecule has 0 spiro atoms. The topological polar surface area (TPSA) is 47.7 Å². The van der Waals surface area contributed by atoms with Crippen molar-refractivity contribution in [3.8, 4) is 22.8 Å². The van der Waals surface area contributed by atoms with Crippen LogP contribution in [0.1, 0.15) is 28.9 Å². The van der Waals surface area contributed by atoms with Gasteiger partial charge in [0.25, 0.3) is 0 Å². The number of aromatic nitrogens is 1. The van der Waals surface area contributed by atoms with Crippen LogP contribution >= 0.6 is 0 Å². The van der Waals surface area contributed by atoms with Gasteiger partial charge in [-0.2, -0.15) is 0 Å². The van der Waals surface area contributed by atoms with E-state index < -0.39 is 0 Å². The van der Waals surface area contributed by atoms with E-state index in [2.05, 4.69) is 34.3 Å². The zero-order valence-corrected chi connectivity index (χ0v) is 15.7. The van der Waals surface area contributed by atoms with Crippen LogP contribution in [0.3, 0.4) is 0 Å². The number of hydrogen-bond acceptors (Lipinski definition) is 5. The van der Waals surface area contributed by atoms with E-state index in [-0.39, 0.29) is 6.79 Å². The number of benzene rings is 2. The van der Waals surface area contributed by atoms with Crippen molar-refractivity contribution in [2.75, 3.05) is 13.3 Å². The molecule has 0 saturated heterocycles. The Kier molecular flexibility index (Phi) is 3.69. The summed E-state index contributed by atoms with van der Waals surface area (Å²) in [6, 6.07) is 15.5. The molecule has 1 atom stereocenters. The highest BCUT2D eigenvalue weighted by molar-refractivity contribution is 5.67. The monoisotopic (exact) mass is 374 g/mol. The molecule has 0 radical (unpaired) electrons. The molecule has 6 rings (SSSR count). The van der Waals surface area contributed by atoms with Crippen molar-refractivity contribution < 1.29 is 14.0 Å². The molecular weight excluding hydrogens is 352 g/mol. The summed E-state index contributed by atoms with van der Waals surface area (Å²) in [6.45, 7) is 2.22. The van der Waals surface area contributed by atoms with Crippen LogP contribution in [0.4, 0.5) is 0 Å². The summed E-state index contributed by atoms with van der Waals surface area (Å²) in [7, 11) is 0. The fraction of sp³-hybridized carbons (Fsp3) is 0.348. The second-order valence-corrected chi connectivity index (χ2v) is 7.89. The predicted octanol–water partition coefficient (Wildman–Crippen LogP) is 3.99. The van der Waals surface area contributed by atoms with Crippen molar-refractivity contribution in [3.05, 3.63) is 64.9 Å². The van der Waals surface area contributed by atoms with Crippen LogP contribution in [-0.2, 0) is 25.8 Å². The van der Waals surface area contributed by atoms with Crippen LogP contribution in [0.25, 0.3) is 11.3 Å². The quantitative estimate of drug-likeness (QED) is 0.679. The molecule has 1 aliphatic carbocycles. The molecule has 0 fully saturated rings. The first-order valence-corrected chi connectivity index (χ1v) is 10.0. The number of hydrogen-bond donors (Lipinski definition) is 0. The maximum Gasteiger partial charge on any atom is 0.231 e. The van der Waals surface area contributed by atoms with Crippen LogP contribution in [0, 0.1) is 0 Å². The van der Waals surface area contributed by atoms with E-state index >= 15 is 0 Å². The minimum absolute atomic E-state index is 0.284. The molecule has 5 nitrogen and oxygen atoms in total. The summed E-state index contributed by atoms with van der Waals surface area (Å²) >= 11 is 0. The smallest absolute Gasteiger partial charge is 0.231 e. The fourth-order valence-electron chi connectivity index (χ4n) is 4.80. The van der Waals surface area contributed by atoms with Crippen molar-refractivity contribution in [1.29, 1.82) is 0 Å². The minimum atomic E-state index is 0.284. The summed E-state index contributed by atoms with van der Waals surface area (Å²) in [4.78, 5) is 2.62. The van der Waals surface area contributed by atoms with Crippen molar-refractivity contribution in [2.45, 2.75) is 38.3 Å². The average molecular weight is 374 g/mol. The Morgan fingerprint density at radius 1 is 0.964 bits per heavy atom. The summed E-state index contributed by atoms with van der Waals surface area (Å²) in [5, 5.41) is 4.41. The third-order valence-electron chi connectivity index (χ3n) is 6.34. The molecule has 3 aliphatic rings. The Balaban J connectivity index is 1.28. The van der Waals surface area contributed by atoms with Crippen LogP contribution < -0.4 is 9.47 Å². The number of ether oxygens (including phenoxy) is 2. The molecule has 28 heavy (non-hydrogen) atoms. The molecule has 0 amide bonds. The van der Waals surface area contributed by atoms with Gasteiger partial charge < -0.3 is 14.0 Å². The highest BCUT2D eigenvalue weighted by atomic mass is 16.7. The summed E-state index contributed by atoms with van der Waals surface area (Å²) in [6.07, 6.45) is 4.45. The predicted molar refractivity (Wildman–Crippen MR) is 104 cm³/mol. The summed E-state index contributed by atoms with van der Waals surface area (Å²) in [5.41, 5.74) is 6.22. The first-order chi connectivity index (χ1) is 13.8. The zero-order chi connectivity index (χ0) is 18.5. The molecular formula is C23H22N2O3. The van der Waals surface area contributed by atoms with Crippen LogP contribution in [0.15, 0.2) is 47.0 Å². The third-order valence-corrected chi connectivity index (χ3v) is 6.34. The maximum atomic E-state index is 5.70. The van der Waals surface area contributed by atoms with E-state index in [1.54, 1.807) is 0 Å². The van der Waals surface area contributed by atoms with Crippen LogP contribution in [0.2, 0.25) is 0 Å². The molecule has 1 aromatic heterocycles. The van der Waals surface area contributed by atoms with Gasteiger partial charge in [0.05, 0.1) is 0 Å². The van der Waals surface area contributed by atoms with E-state index in [1.165, 1.54) is 29.5 Å². The fourth-order valence-corrected chi connectivity index (χ4v) is 4.80. The van der Waals surface area contributed by atoms with Gasteiger partial charge >= 0.3 is 0 Å². The van der Waals surface area contributed by atoms with Crippen molar-refractivity contribution in [2.24, 2.45) is 0 Å². The normalized spacial score (nSPS) is 20.6. The first kappa shape index (κ1) is 16.2. The average Bonchev–Trinajstić information content (AvgIpc) is 3.39.